The molecule has 0 bridgehead atoms. The molecule has 32 heavy (non-hydrogen) atoms. The van der Waals surface area contributed by atoms with Crippen molar-refractivity contribution in [2.45, 2.75) is 38.8 Å². The molecule has 1 aromatic carbocycles. The second-order valence-electron chi connectivity index (χ2n) is 7.57. The minimum Gasteiger partial charge on any atom is -0.340 e. The summed E-state index contributed by atoms with van der Waals surface area (Å²) in [6.07, 6.45) is -8.99. The molecule has 1 fully saturated rings. The van der Waals surface area contributed by atoms with Crippen LogP contribution in [0.25, 0.3) is 0 Å². The average Bonchev–Trinajstić information content (AvgIpc) is 3.01. The summed E-state index contributed by atoms with van der Waals surface area (Å²) in [4.78, 5) is 16.1. The van der Waals surface area contributed by atoms with Crippen LogP contribution >= 0.6 is 15.9 Å². The van der Waals surface area contributed by atoms with Gasteiger partial charge in [0.15, 0.2) is 5.69 Å². The summed E-state index contributed by atoms with van der Waals surface area (Å²) in [5, 5.41) is 3.57. The first-order valence-electron chi connectivity index (χ1n) is 9.82. The van der Waals surface area contributed by atoms with Crippen LogP contribution in [0, 0.1) is 6.92 Å². The molecule has 0 spiro atoms. The van der Waals surface area contributed by atoms with Crippen molar-refractivity contribution in [3.05, 3.63) is 51.3 Å². The highest BCUT2D eigenvalue weighted by molar-refractivity contribution is 9.10. The number of halogens is 7. The topological polar surface area (TPSA) is 41.4 Å². The minimum absolute atomic E-state index is 0.000114. The van der Waals surface area contributed by atoms with E-state index in [0.717, 1.165) is 16.8 Å². The Kier molecular flexibility index (Phi) is 7.23. The largest absolute Gasteiger partial charge is 0.436 e. The molecule has 12 heteroatoms. The van der Waals surface area contributed by atoms with E-state index in [9.17, 15) is 31.1 Å². The first-order valence-corrected chi connectivity index (χ1v) is 10.6. The zero-order valence-corrected chi connectivity index (χ0v) is 18.7. The monoisotopic (exact) mass is 526 g/mol. The molecule has 1 aliphatic rings. The third-order valence-electron chi connectivity index (χ3n) is 5.32. The van der Waals surface area contributed by atoms with Crippen molar-refractivity contribution in [2.75, 3.05) is 26.2 Å². The van der Waals surface area contributed by atoms with Gasteiger partial charge in [-0.25, -0.2) is 0 Å². The van der Waals surface area contributed by atoms with Crippen LogP contribution in [0.5, 0.6) is 0 Å². The third-order valence-corrected chi connectivity index (χ3v) is 6.27. The Morgan fingerprint density at radius 2 is 1.72 bits per heavy atom. The highest BCUT2D eigenvalue weighted by Crippen LogP contribution is 2.35. The standard InChI is InChI=1S/C20H21BrF6N4O/c1-13-17(21)18(20(25,26)27)28-31(13)6-5-16(32)30-9-7-29(8-10-30)12-14-3-2-4-15(11-14)19(22,23)24/h2-4,11H,5-10,12H2,1H3. The minimum atomic E-state index is -4.59. The van der Waals surface area contributed by atoms with Crippen molar-refractivity contribution in [3.63, 3.8) is 0 Å². The van der Waals surface area contributed by atoms with E-state index in [1.165, 1.54) is 13.0 Å². The molecule has 2 heterocycles. The van der Waals surface area contributed by atoms with Gasteiger partial charge in [-0.2, -0.15) is 31.4 Å². The smallest absolute Gasteiger partial charge is 0.340 e. The van der Waals surface area contributed by atoms with Crippen molar-refractivity contribution >= 4 is 21.8 Å². The molecule has 0 unspecified atom stereocenters. The molecule has 0 radical (unpaired) electrons. The quantitative estimate of drug-likeness (QED) is 0.529. The molecule has 1 amide bonds. The number of alkyl halides is 6. The van der Waals surface area contributed by atoms with Crippen LogP contribution < -0.4 is 0 Å². The number of aromatic nitrogens is 2. The molecular weight excluding hydrogens is 506 g/mol. The van der Waals surface area contributed by atoms with Gasteiger partial charge in [0.05, 0.1) is 22.3 Å². The van der Waals surface area contributed by atoms with Crippen LogP contribution in [0.4, 0.5) is 26.3 Å². The van der Waals surface area contributed by atoms with Crippen LogP contribution in [0.1, 0.15) is 28.9 Å². The SMILES string of the molecule is Cc1c(Br)c(C(F)(F)F)nn1CCC(=O)N1CCN(Cc2cccc(C(F)(F)F)c2)CC1. The molecular formula is C20H21BrF6N4O. The van der Waals surface area contributed by atoms with Gasteiger partial charge in [0.2, 0.25) is 5.91 Å². The molecule has 0 N–H and O–H groups in total. The van der Waals surface area contributed by atoms with E-state index >= 15 is 0 Å². The second-order valence-corrected chi connectivity index (χ2v) is 8.37. The Labute approximate surface area is 189 Å². The summed E-state index contributed by atoms with van der Waals surface area (Å²) < 4.78 is 78.5. The summed E-state index contributed by atoms with van der Waals surface area (Å²) in [6.45, 7) is 3.62. The van der Waals surface area contributed by atoms with Crippen molar-refractivity contribution in [2.24, 2.45) is 0 Å². The van der Waals surface area contributed by atoms with Crippen molar-refractivity contribution in [1.29, 1.82) is 0 Å². The molecule has 5 nitrogen and oxygen atoms in total. The number of carbonyl (C=O) groups is 1. The van der Waals surface area contributed by atoms with E-state index in [2.05, 4.69) is 21.0 Å². The molecule has 2 aromatic rings. The maximum Gasteiger partial charge on any atom is 0.436 e. The van der Waals surface area contributed by atoms with Gasteiger partial charge in [0.25, 0.3) is 0 Å². The number of piperazine rings is 1. The molecule has 1 saturated heterocycles. The lowest BCUT2D eigenvalue weighted by molar-refractivity contribution is -0.142. The number of aryl methyl sites for hydroxylation is 1. The van der Waals surface area contributed by atoms with Gasteiger partial charge < -0.3 is 4.90 Å². The Morgan fingerprint density at radius 1 is 1.06 bits per heavy atom. The van der Waals surface area contributed by atoms with Gasteiger partial charge in [-0.3, -0.25) is 14.4 Å². The lowest BCUT2D eigenvalue weighted by atomic mass is 10.1. The Morgan fingerprint density at radius 3 is 2.28 bits per heavy atom. The van der Waals surface area contributed by atoms with Gasteiger partial charge in [0.1, 0.15) is 0 Å². The summed E-state index contributed by atoms with van der Waals surface area (Å²) in [5.41, 5.74) is -0.889. The molecule has 0 aliphatic carbocycles. The number of amides is 1. The predicted octanol–water partition coefficient (Wildman–Crippen LogP) is 4.73. The molecule has 1 aliphatic heterocycles. The maximum absolute atomic E-state index is 13.0. The number of benzene rings is 1. The van der Waals surface area contributed by atoms with E-state index in [0.29, 0.717) is 38.3 Å². The highest BCUT2D eigenvalue weighted by atomic mass is 79.9. The lowest BCUT2D eigenvalue weighted by Gasteiger charge is -2.35. The number of hydrogen-bond acceptors (Lipinski definition) is 3. The molecule has 3 rings (SSSR count). The van der Waals surface area contributed by atoms with E-state index in [1.54, 1.807) is 11.0 Å². The van der Waals surface area contributed by atoms with Gasteiger partial charge in [-0.15, -0.1) is 0 Å². The van der Waals surface area contributed by atoms with E-state index in [1.807, 2.05) is 4.90 Å². The first-order chi connectivity index (χ1) is 14.9. The number of rotatable bonds is 5. The van der Waals surface area contributed by atoms with Crippen LogP contribution in [-0.2, 0) is 30.2 Å². The summed E-state index contributed by atoms with van der Waals surface area (Å²) in [7, 11) is 0. The number of hydrogen-bond donors (Lipinski definition) is 0. The molecule has 1 aromatic heterocycles. The Balaban J connectivity index is 1.51. The fraction of sp³-hybridized carbons (Fsp3) is 0.500. The van der Waals surface area contributed by atoms with Crippen LogP contribution in [0.3, 0.4) is 0 Å². The van der Waals surface area contributed by atoms with Crippen molar-refractivity contribution in [3.8, 4) is 0 Å². The number of carbonyl (C=O) groups excluding carboxylic acids is 1. The fourth-order valence-electron chi connectivity index (χ4n) is 3.54. The van der Waals surface area contributed by atoms with Gasteiger partial charge >= 0.3 is 12.4 Å². The van der Waals surface area contributed by atoms with Gasteiger partial charge in [-0.1, -0.05) is 18.2 Å². The average molecular weight is 527 g/mol. The van der Waals surface area contributed by atoms with Gasteiger partial charge in [0, 0.05) is 39.1 Å². The normalized spacial score (nSPS) is 15.9. The maximum atomic E-state index is 13.0. The molecule has 176 valence electrons. The summed E-state index contributed by atoms with van der Waals surface area (Å²) in [5.74, 6) is -0.205. The third kappa shape index (κ3) is 5.83. The lowest BCUT2D eigenvalue weighted by Crippen LogP contribution is -2.48. The van der Waals surface area contributed by atoms with E-state index < -0.39 is 23.6 Å². The van der Waals surface area contributed by atoms with Crippen LogP contribution in [0.2, 0.25) is 0 Å². The van der Waals surface area contributed by atoms with E-state index in [4.69, 9.17) is 0 Å². The first kappa shape index (κ1) is 24.6. The molecule has 0 saturated carbocycles. The zero-order valence-electron chi connectivity index (χ0n) is 17.1. The second kappa shape index (κ2) is 9.42. The Bertz CT molecular complexity index is 964. The van der Waals surface area contributed by atoms with Crippen LogP contribution in [0.15, 0.2) is 28.7 Å². The predicted molar refractivity (Wildman–Crippen MR) is 108 cm³/mol. The van der Waals surface area contributed by atoms with Crippen LogP contribution in [-0.4, -0.2) is 51.7 Å². The summed E-state index contributed by atoms with van der Waals surface area (Å²) >= 11 is 2.90. The van der Waals surface area contributed by atoms with E-state index in [-0.39, 0.29) is 29.0 Å². The fourth-order valence-corrected chi connectivity index (χ4v) is 4.05. The van der Waals surface area contributed by atoms with Crippen molar-refractivity contribution < 1.29 is 31.1 Å². The number of nitrogens with zero attached hydrogens (tertiary/aromatic N) is 4. The van der Waals surface area contributed by atoms with Gasteiger partial charge in [-0.05, 0) is 34.5 Å². The summed E-state index contributed by atoms with van der Waals surface area (Å²) in [6, 6.07) is 5.15. The highest BCUT2D eigenvalue weighted by Gasteiger charge is 2.38. The molecule has 0 atom stereocenters. The zero-order chi connectivity index (χ0) is 23.7. The van der Waals surface area contributed by atoms with Crippen molar-refractivity contribution in [1.82, 2.24) is 19.6 Å². The Hall–Kier alpha value is -2.08.